The minimum Gasteiger partial charge on any atom is -0.456 e. The Morgan fingerprint density at radius 3 is 2.59 bits per heavy atom. The summed E-state index contributed by atoms with van der Waals surface area (Å²) in [5.74, 6) is -1.66. The van der Waals surface area contributed by atoms with Gasteiger partial charge >= 0.3 is 12.1 Å². The first-order chi connectivity index (χ1) is 15.1. The summed E-state index contributed by atoms with van der Waals surface area (Å²) in [6.07, 6.45) is -2.03. The fourth-order valence-corrected chi connectivity index (χ4v) is 3.55. The number of alkyl halides is 3. The number of carbonyl (C=O) groups is 2. The maximum absolute atomic E-state index is 13.1. The van der Waals surface area contributed by atoms with Gasteiger partial charge in [0.15, 0.2) is 5.13 Å². The average molecular weight is 464 g/mol. The number of halogens is 4. The molecule has 1 heterocycles. The van der Waals surface area contributed by atoms with E-state index in [1.807, 2.05) is 0 Å². The summed E-state index contributed by atoms with van der Waals surface area (Å²) in [7, 11) is 0. The highest BCUT2D eigenvalue weighted by Gasteiger charge is 2.31. The number of hydrogen-bond acceptors (Lipinski definition) is 5. The van der Waals surface area contributed by atoms with E-state index in [4.69, 9.17) is 4.74 Å². The molecule has 32 heavy (non-hydrogen) atoms. The first kappa shape index (κ1) is 23.1. The molecular weight excluding hydrogens is 448 g/mol. The Bertz CT molecular complexity index is 1160. The van der Waals surface area contributed by atoms with Crippen molar-refractivity contribution in [1.82, 2.24) is 4.98 Å². The second-order valence-corrected chi connectivity index (χ2v) is 7.36. The van der Waals surface area contributed by atoms with Gasteiger partial charge in [-0.15, -0.1) is 11.3 Å². The molecule has 0 saturated carbocycles. The number of ether oxygens (including phenoxy) is 1. The van der Waals surface area contributed by atoms with Gasteiger partial charge in [0.05, 0.1) is 16.9 Å². The summed E-state index contributed by atoms with van der Waals surface area (Å²) in [4.78, 5) is 29.2. The van der Waals surface area contributed by atoms with Crippen LogP contribution in [-0.2, 0) is 27.1 Å². The zero-order chi connectivity index (χ0) is 23.3. The van der Waals surface area contributed by atoms with Gasteiger partial charge in [0, 0.05) is 18.4 Å². The quantitative estimate of drug-likeness (QED) is 0.265. The molecule has 0 unspecified atom stereocenters. The van der Waals surface area contributed by atoms with Gasteiger partial charge in [-0.3, -0.25) is 9.69 Å². The molecule has 0 N–H and O–H groups in total. The lowest BCUT2D eigenvalue weighted by atomic mass is 10.2. The van der Waals surface area contributed by atoms with Crippen molar-refractivity contribution < 1.29 is 31.9 Å². The highest BCUT2D eigenvalue weighted by molar-refractivity contribution is 7.14. The SMILES string of the molecule is CC(=O)N(c1cccc(C(F)(F)F)c1)c1nc(COC(=O)/C=C/c2cccc(F)c2)cs1. The van der Waals surface area contributed by atoms with Crippen molar-refractivity contribution in [3.63, 3.8) is 0 Å². The molecule has 0 aliphatic carbocycles. The van der Waals surface area contributed by atoms with Gasteiger partial charge < -0.3 is 4.74 Å². The van der Waals surface area contributed by atoms with E-state index in [0.29, 0.717) is 11.3 Å². The van der Waals surface area contributed by atoms with E-state index < -0.39 is 29.4 Å². The van der Waals surface area contributed by atoms with Crippen LogP contribution in [0.25, 0.3) is 6.08 Å². The van der Waals surface area contributed by atoms with E-state index in [0.717, 1.165) is 34.4 Å². The van der Waals surface area contributed by atoms with Crippen molar-refractivity contribution in [2.75, 3.05) is 4.90 Å². The van der Waals surface area contributed by atoms with Crippen molar-refractivity contribution in [1.29, 1.82) is 0 Å². The van der Waals surface area contributed by atoms with E-state index in [1.54, 1.807) is 6.07 Å². The average Bonchev–Trinajstić information content (AvgIpc) is 3.18. The largest absolute Gasteiger partial charge is 0.456 e. The monoisotopic (exact) mass is 464 g/mol. The molecule has 0 bridgehead atoms. The molecule has 3 rings (SSSR count). The number of benzene rings is 2. The predicted molar refractivity (Wildman–Crippen MR) is 112 cm³/mol. The molecule has 1 aromatic heterocycles. The maximum Gasteiger partial charge on any atom is 0.416 e. The molecule has 0 aliphatic rings. The molecule has 0 atom stereocenters. The number of thiazole rings is 1. The molecule has 0 radical (unpaired) electrons. The third-order valence-electron chi connectivity index (χ3n) is 4.10. The number of amides is 1. The summed E-state index contributed by atoms with van der Waals surface area (Å²) >= 11 is 1.02. The predicted octanol–water partition coefficient (Wildman–Crippen LogP) is 5.74. The smallest absolute Gasteiger partial charge is 0.416 e. The van der Waals surface area contributed by atoms with Gasteiger partial charge in [-0.05, 0) is 42.0 Å². The fourth-order valence-electron chi connectivity index (χ4n) is 2.68. The Labute approximate surface area is 184 Å². The minimum absolute atomic E-state index is 0.0169. The van der Waals surface area contributed by atoms with Crippen molar-refractivity contribution >= 4 is 40.1 Å². The molecule has 0 fully saturated rings. The number of hydrogen-bond donors (Lipinski definition) is 0. The van der Waals surface area contributed by atoms with Crippen molar-refractivity contribution in [2.24, 2.45) is 0 Å². The second-order valence-electron chi connectivity index (χ2n) is 6.52. The van der Waals surface area contributed by atoms with Crippen LogP contribution in [0.4, 0.5) is 28.4 Å². The number of esters is 1. The normalized spacial score (nSPS) is 11.5. The molecular formula is C22H16F4N2O3S. The van der Waals surface area contributed by atoms with E-state index in [2.05, 4.69) is 4.98 Å². The van der Waals surface area contributed by atoms with Gasteiger partial charge in [-0.2, -0.15) is 13.2 Å². The highest BCUT2D eigenvalue weighted by Crippen LogP contribution is 2.35. The number of rotatable bonds is 6. The van der Waals surface area contributed by atoms with Gasteiger partial charge in [-0.1, -0.05) is 18.2 Å². The minimum atomic E-state index is -4.56. The van der Waals surface area contributed by atoms with Crippen molar-refractivity contribution in [2.45, 2.75) is 19.7 Å². The Kier molecular flexibility index (Phi) is 7.04. The van der Waals surface area contributed by atoms with Crippen LogP contribution >= 0.6 is 11.3 Å². The third-order valence-corrected chi connectivity index (χ3v) is 4.97. The molecule has 2 aromatic carbocycles. The Balaban J connectivity index is 1.69. The molecule has 3 aromatic rings. The fraction of sp³-hybridized carbons (Fsp3) is 0.136. The summed E-state index contributed by atoms with van der Waals surface area (Å²) < 4.78 is 57.3. The van der Waals surface area contributed by atoms with Crippen LogP contribution < -0.4 is 4.90 Å². The van der Waals surface area contributed by atoms with E-state index >= 15 is 0 Å². The summed E-state index contributed by atoms with van der Waals surface area (Å²) in [5, 5.41) is 1.67. The summed E-state index contributed by atoms with van der Waals surface area (Å²) in [6, 6.07) is 9.99. The van der Waals surface area contributed by atoms with Crippen LogP contribution in [0, 0.1) is 5.82 Å². The number of anilines is 2. The third kappa shape index (κ3) is 6.01. The number of carbonyl (C=O) groups excluding carboxylic acids is 2. The molecule has 10 heteroatoms. The molecule has 166 valence electrons. The van der Waals surface area contributed by atoms with E-state index in [9.17, 15) is 27.2 Å². The maximum atomic E-state index is 13.1. The van der Waals surface area contributed by atoms with Gasteiger partial charge in [0.2, 0.25) is 5.91 Å². The standard InChI is InChI=1S/C22H16F4N2O3S/c1-14(29)28(19-7-3-5-16(11-19)22(24,25)26)21-27-18(13-32-21)12-31-20(30)9-8-15-4-2-6-17(23)10-15/h2-11,13H,12H2,1H3/b9-8+. The van der Waals surface area contributed by atoms with Gasteiger partial charge in [-0.25, -0.2) is 14.2 Å². The zero-order valence-electron chi connectivity index (χ0n) is 16.6. The van der Waals surface area contributed by atoms with Crippen LogP contribution in [0.2, 0.25) is 0 Å². The lowest BCUT2D eigenvalue weighted by Gasteiger charge is -2.19. The Morgan fingerprint density at radius 1 is 1.16 bits per heavy atom. The Hall–Kier alpha value is -3.53. The molecule has 5 nitrogen and oxygen atoms in total. The van der Waals surface area contributed by atoms with Crippen molar-refractivity contribution in [3.8, 4) is 0 Å². The number of aromatic nitrogens is 1. The van der Waals surface area contributed by atoms with Crippen LogP contribution in [0.5, 0.6) is 0 Å². The first-order valence-electron chi connectivity index (χ1n) is 9.16. The van der Waals surface area contributed by atoms with Crippen LogP contribution in [0.1, 0.15) is 23.7 Å². The highest BCUT2D eigenvalue weighted by atomic mass is 32.1. The van der Waals surface area contributed by atoms with Crippen molar-refractivity contribution in [3.05, 3.63) is 82.6 Å². The molecule has 0 saturated heterocycles. The molecule has 0 spiro atoms. The van der Waals surface area contributed by atoms with E-state index in [-0.39, 0.29) is 17.4 Å². The first-order valence-corrected chi connectivity index (χ1v) is 10.0. The van der Waals surface area contributed by atoms with Gasteiger partial charge in [0.25, 0.3) is 0 Å². The van der Waals surface area contributed by atoms with Crippen LogP contribution in [-0.4, -0.2) is 16.9 Å². The zero-order valence-corrected chi connectivity index (χ0v) is 17.4. The van der Waals surface area contributed by atoms with Crippen LogP contribution in [0.15, 0.2) is 60.0 Å². The lowest BCUT2D eigenvalue weighted by Crippen LogP contribution is -2.23. The van der Waals surface area contributed by atoms with Gasteiger partial charge in [0.1, 0.15) is 12.4 Å². The second kappa shape index (κ2) is 9.73. The molecule has 1 amide bonds. The summed E-state index contributed by atoms with van der Waals surface area (Å²) in [5.41, 5.74) is -0.0768. The topological polar surface area (TPSA) is 59.5 Å². The van der Waals surface area contributed by atoms with Crippen LogP contribution in [0.3, 0.4) is 0 Å². The lowest BCUT2D eigenvalue weighted by molar-refractivity contribution is -0.139. The Morgan fingerprint density at radius 2 is 1.91 bits per heavy atom. The molecule has 0 aliphatic heterocycles. The van der Waals surface area contributed by atoms with E-state index in [1.165, 1.54) is 48.7 Å². The summed E-state index contributed by atoms with van der Waals surface area (Å²) in [6.45, 7) is 0.996. The number of nitrogens with zero attached hydrogens (tertiary/aromatic N) is 2.